The van der Waals surface area contributed by atoms with Gasteiger partial charge in [-0.2, -0.15) is 0 Å². The Bertz CT molecular complexity index is 425. The molecule has 0 aromatic rings. The molecule has 2 amide bonds. The second-order valence-electron chi connectivity index (χ2n) is 8.98. The number of hydrogen-bond donors (Lipinski definition) is 1. The van der Waals surface area contributed by atoms with E-state index in [4.69, 9.17) is 0 Å². The van der Waals surface area contributed by atoms with Crippen molar-refractivity contribution >= 4 is 11.8 Å². The molecule has 0 spiro atoms. The van der Waals surface area contributed by atoms with Crippen molar-refractivity contribution in [2.75, 3.05) is 13.1 Å². The fourth-order valence-electron chi connectivity index (χ4n) is 3.76. The first-order chi connectivity index (χ1) is 10.1. The normalized spacial score (nSPS) is 20.9. The SMILES string of the molecule is CC(C)(C)CC(C)(C)NC(=O)C1CCN(C(=O)C2CC2)CC1. The van der Waals surface area contributed by atoms with Crippen LogP contribution in [-0.2, 0) is 9.59 Å². The standard InChI is InChI=1S/C18H32N2O2/c1-17(2,3)12-18(4,5)19-15(21)13-8-10-20(11-9-13)16(22)14-6-7-14/h13-14H,6-12H2,1-5H3,(H,19,21). The number of hydrogen-bond acceptors (Lipinski definition) is 2. The summed E-state index contributed by atoms with van der Waals surface area (Å²) in [5.74, 6) is 0.818. The third-order valence-corrected chi connectivity index (χ3v) is 4.54. The summed E-state index contributed by atoms with van der Waals surface area (Å²) in [7, 11) is 0. The van der Waals surface area contributed by atoms with Crippen LogP contribution >= 0.6 is 0 Å². The lowest BCUT2D eigenvalue weighted by Gasteiger charge is -2.36. The number of nitrogens with one attached hydrogen (secondary N) is 1. The predicted octanol–water partition coefficient (Wildman–Crippen LogP) is 2.97. The van der Waals surface area contributed by atoms with E-state index in [1.807, 2.05) is 4.90 Å². The van der Waals surface area contributed by atoms with Gasteiger partial charge in [0, 0.05) is 30.5 Å². The summed E-state index contributed by atoms with van der Waals surface area (Å²) in [6.07, 6.45) is 4.66. The number of likely N-dealkylation sites (tertiary alicyclic amines) is 1. The molecule has 0 bridgehead atoms. The lowest BCUT2D eigenvalue weighted by Crippen LogP contribution is -2.50. The molecule has 0 aromatic heterocycles. The molecule has 2 rings (SSSR count). The van der Waals surface area contributed by atoms with E-state index in [0.29, 0.717) is 5.91 Å². The molecule has 0 aromatic carbocycles. The van der Waals surface area contributed by atoms with Gasteiger partial charge in [0.15, 0.2) is 0 Å². The van der Waals surface area contributed by atoms with E-state index in [9.17, 15) is 9.59 Å². The summed E-state index contributed by atoms with van der Waals surface area (Å²) < 4.78 is 0. The minimum atomic E-state index is -0.184. The van der Waals surface area contributed by atoms with Crippen molar-refractivity contribution in [3.05, 3.63) is 0 Å². The van der Waals surface area contributed by atoms with Gasteiger partial charge in [0.25, 0.3) is 0 Å². The summed E-state index contributed by atoms with van der Waals surface area (Å²) in [6.45, 7) is 12.3. The monoisotopic (exact) mass is 308 g/mol. The van der Waals surface area contributed by atoms with Gasteiger partial charge in [0.1, 0.15) is 0 Å². The molecule has 126 valence electrons. The van der Waals surface area contributed by atoms with Crippen molar-refractivity contribution in [2.45, 2.75) is 72.3 Å². The summed E-state index contributed by atoms with van der Waals surface area (Å²) in [4.78, 5) is 26.5. The highest BCUT2D eigenvalue weighted by Crippen LogP contribution is 2.33. The number of amides is 2. The minimum absolute atomic E-state index is 0.0579. The maximum absolute atomic E-state index is 12.5. The highest BCUT2D eigenvalue weighted by molar-refractivity contribution is 5.82. The zero-order chi connectivity index (χ0) is 16.5. The topological polar surface area (TPSA) is 49.4 Å². The first kappa shape index (κ1) is 17.3. The molecule has 1 aliphatic heterocycles. The third kappa shape index (κ3) is 4.99. The Balaban J connectivity index is 1.80. The first-order valence-electron chi connectivity index (χ1n) is 8.68. The largest absolute Gasteiger partial charge is 0.351 e. The Labute approximate surface area is 135 Å². The summed E-state index contributed by atoms with van der Waals surface area (Å²) >= 11 is 0. The minimum Gasteiger partial charge on any atom is -0.351 e. The Hall–Kier alpha value is -1.06. The molecule has 0 atom stereocenters. The summed E-state index contributed by atoms with van der Waals surface area (Å²) in [5, 5.41) is 3.22. The van der Waals surface area contributed by atoms with E-state index < -0.39 is 0 Å². The van der Waals surface area contributed by atoms with Gasteiger partial charge >= 0.3 is 0 Å². The van der Waals surface area contributed by atoms with Crippen LogP contribution in [0.4, 0.5) is 0 Å². The van der Waals surface area contributed by atoms with Crippen LogP contribution in [0.2, 0.25) is 0 Å². The molecule has 1 aliphatic carbocycles. The molecule has 1 saturated heterocycles. The molecular weight excluding hydrogens is 276 g/mol. The summed E-state index contributed by atoms with van der Waals surface area (Å²) in [5.41, 5.74) is 0.00707. The summed E-state index contributed by atoms with van der Waals surface area (Å²) in [6, 6.07) is 0. The molecule has 4 heteroatoms. The predicted molar refractivity (Wildman–Crippen MR) is 88.3 cm³/mol. The van der Waals surface area contributed by atoms with Crippen molar-refractivity contribution in [3.63, 3.8) is 0 Å². The van der Waals surface area contributed by atoms with Crippen LogP contribution < -0.4 is 5.32 Å². The third-order valence-electron chi connectivity index (χ3n) is 4.54. The lowest BCUT2D eigenvalue weighted by atomic mass is 9.81. The van der Waals surface area contributed by atoms with Gasteiger partial charge in [-0.3, -0.25) is 9.59 Å². The number of rotatable bonds is 4. The molecule has 1 saturated carbocycles. The van der Waals surface area contributed by atoms with Gasteiger partial charge in [-0.25, -0.2) is 0 Å². The Morgan fingerprint density at radius 1 is 0.955 bits per heavy atom. The van der Waals surface area contributed by atoms with E-state index in [2.05, 4.69) is 39.9 Å². The molecule has 0 radical (unpaired) electrons. The second kappa shape index (κ2) is 6.21. The van der Waals surface area contributed by atoms with E-state index in [1.54, 1.807) is 0 Å². The van der Waals surface area contributed by atoms with Crippen molar-refractivity contribution in [1.29, 1.82) is 0 Å². The zero-order valence-electron chi connectivity index (χ0n) is 14.9. The van der Waals surface area contributed by atoms with Gasteiger partial charge in [-0.15, -0.1) is 0 Å². The molecule has 1 heterocycles. The molecule has 0 unspecified atom stereocenters. The fourth-order valence-corrected chi connectivity index (χ4v) is 3.76. The van der Waals surface area contributed by atoms with Crippen molar-refractivity contribution in [2.24, 2.45) is 17.3 Å². The van der Waals surface area contributed by atoms with Crippen LogP contribution in [0.5, 0.6) is 0 Å². The Morgan fingerprint density at radius 2 is 1.50 bits per heavy atom. The van der Waals surface area contributed by atoms with Crippen LogP contribution in [0, 0.1) is 17.3 Å². The van der Waals surface area contributed by atoms with Crippen LogP contribution in [0.15, 0.2) is 0 Å². The van der Waals surface area contributed by atoms with Gasteiger partial charge in [-0.1, -0.05) is 20.8 Å². The molecule has 4 nitrogen and oxygen atoms in total. The maximum atomic E-state index is 12.5. The van der Waals surface area contributed by atoms with E-state index >= 15 is 0 Å². The zero-order valence-corrected chi connectivity index (χ0v) is 14.9. The van der Waals surface area contributed by atoms with Crippen molar-refractivity contribution in [1.82, 2.24) is 10.2 Å². The number of nitrogens with zero attached hydrogens (tertiary/aromatic N) is 1. The van der Waals surface area contributed by atoms with Gasteiger partial charge < -0.3 is 10.2 Å². The lowest BCUT2D eigenvalue weighted by molar-refractivity contribution is -0.137. The highest BCUT2D eigenvalue weighted by Gasteiger charge is 2.37. The number of piperidine rings is 1. The van der Waals surface area contributed by atoms with Crippen molar-refractivity contribution in [3.8, 4) is 0 Å². The highest BCUT2D eigenvalue weighted by atomic mass is 16.2. The van der Waals surface area contributed by atoms with Gasteiger partial charge in [0.05, 0.1) is 0 Å². The molecular formula is C18H32N2O2. The maximum Gasteiger partial charge on any atom is 0.225 e. The molecule has 22 heavy (non-hydrogen) atoms. The second-order valence-corrected chi connectivity index (χ2v) is 8.98. The number of carbonyl (C=O) groups is 2. The van der Waals surface area contributed by atoms with E-state index in [0.717, 1.165) is 45.2 Å². The smallest absolute Gasteiger partial charge is 0.225 e. The van der Waals surface area contributed by atoms with Crippen LogP contribution in [0.25, 0.3) is 0 Å². The van der Waals surface area contributed by atoms with E-state index in [1.165, 1.54) is 0 Å². The Kier molecular flexibility index (Phi) is 4.88. The van der Waals surface area contributed by atoms with Gasteiger partial charge in [0.2, 0.25) is 11.8 Å². The molecule has 1 N–H and O–H groups in total. The van der Waals surface area contributed by atoms with Gasteiger partial charge in [-0.05, 0) is 51.4 Å². The number of carbonyl (C=O) groups excluding carboxylic acids is 2. The quantitative estimate of drug-likeness (QED) is 0.868. The van der Waals surface area contributed by atoms with E-state index in [-0.39, 0.29) is 28.7 Å². The van der Waals surface area contributed by atoms with Crippen molar-refractivity contribution < 1.29 is 9.59 Å². The van der Waals surface area contributed by atoms with Crippen LogP contribution in [-0.4, -0.2) is 35.3 Å². The molecule has 2 aliphatic rings. The van der Waals surface area contributed by atoms with Crippen LogP contribution in [0.3, 0.4) is 0 Å². The average Bonchev–Trinajstić information content (AvgIpc) is 3.18. The van der Waals surface area contributed by atoms with Crippen LogP contribution in [0.1, 0.15) is 66.7 Å². The molecule has 2 fully saturated rings. The fraction of sp³-hybridized carbons (Fsp3) is 0.889. The average molecular weight is 308 g/mol. The first-order valence-corrected chi connectivity index (χ1v) is 8.68. The Morgan fingerprint density at radius 3 is 1.95 bits per heavy atom.